The summed E-state index contributed by atoms with van der Waals surface area (Å²) >= 11 is 0. The highest BCUT2D eigenvalue weighted by Gasteiger charge is 2.51. The summed E-state index contributed by atoms with van der Waals surface area (Å²) in [7, 11) is -3.78. The molecular formula is C22H28F4N4O2S. The van der Waals surface area contributed by atoms with Crippen molar-refractivity contribution in [3.63, 3.8) is 0 Å². The van der Waals surface area contributed by atoms with Crippen molar-refractivity contribution >= 4 is 15.7 Å². The molecule has 0 radical (unpaired) electrons. The molecule has 2 heterocycles. The summed E-state index contributed by atoms with van der Waals surface area (Å²) in [6.07, 6.45) is 8.96. The van der Waals surface area contributed by atoms with E-state index in [-0.39, 0.29) is 24.3 Å². The summed E-state index contributed by atoms with van der Waals surface area (Å²) in [5.41, 5.74) is -4.43. The van der Waals surface area contributed by atoms with Crippen molar-refractivity contribution in [2.75, 3.05) is 11.4 Å². The van der Waals surface area contributed by atoms with E-state index in [2.05, 4.69) is 4.98 Å². The first-order chi connectivity index (χ1) is 15.6. The Morgan fingerprint density at radius 1 is 1.15 bits per heavy atom. The van der Waals surface area contributed by atoms with Crippen molar-refractivity contribution in [1.82, 2.24) is 13.9 Å². The Kier molecular flexibility index (Phi) is 6.73. The lowest BCUT2D eigenvalue weighted by molar-refractivity contribution is -0.0492. The van der Waals surface area contributed by atoms with E-state index >= 15 is 4.39 Å². The maximum atomic E-state index is 15.1. The average molecular weight is 489 g/mol. The van der Waals surface area contributed by atoms with Gasteiger partial charge < -0.3 is 9.47 Å². The molecule has 33 heavy (non-hydrogen) atoms. The van der Waals surface area contributed by atoms with Crippen LogP contribution in [-0.2, 0) is 30.2 Å². The van der Waals surface area contributed by atoms with Crippen LogP contribution in [0.4, 0.5) is 23.2 Å². The third kappa shape index (κ3) is 5.03. The number of hydrogen-bond acceptors (Lipinski definition) is 4. The lowest BCUT2D eigenvalue weighted by atomic mass is 9.97. The molecule has 6 nitrogen and oxygen atoms in total. The standard InChI is InChI=1S/C22H28F4N4O2S/c1-28-12-18(27-15-28)13-30-19(10-9-16-5-2-3-6-16)14-29(33(31,32)22(24,25)26)11-17-7-4-8-20(23)21(17)30/h4,7-8,12,15-16,19H,2-3,5-6,9-11,13-14H2,1H3/t19-/m1/s1. The Morgan fingerprint density at radius 2 is 1.88 bits per heavy atom. The molecule has 1 saturated carbocycles. The number of sulfonamides is 1. The molecule has 0 bridgehead atoms. The predicted octanol–water partition coefficient (Wildman–Crippen LogP) is 4.57. The zero-order chi connectivity index (χ0) is 23.8. The zero-order valence-electron chi connectivity index (χ0n) is 18.4. The van der Waals surface area contributed by atoms with E-state index in [9.17, 15) is 21.6 Å². The molecule has 1 aromatic heterocycles. The number of aromatic nitrogens is 2. The average Bonchev–Trinajstić information content (AvgIpc) is 3.36. The van der Waals surface area contributed by atoms with Gasteiger partial charge in [0.25, 0.3) is 0 Å². The van der Waals surface area contributed by atoms with Crippen molar-refractivity contribution in [3.05, 3.63) is 47.8 Å². The molecule has 1 aromatic carbocycles. The number of hydrogen-bond donors (Lipinski definition) is 0. The Morgan fingerprint density at radius 3 is 2.52 bits per heavy atom. The molecule has 0 saturated heterocycles. The minimum atomic E-state index is -5.58. The van der Waals surface area contributed by atoms with Crippen molar-refractivity contribution in [1.29, 1.82) is 0 Å². The third-order valence-corrected chi connectivity index (χ3v) is 8.21. The molecule has 1 atom stereocenters. The van der Waals surface area contributed by atoms with E-state index < -0.39 is 33.9 Å². The van der Waals surface area contributed by atoms with Crippen molar-refractivity contribution in [3.8, 4) is 0 Å². The number of anilines is 1. The monoisotopic (exact) mass is 488 g/mol. The summed E-state index contributed by atoms with van der Waals surface area (Å²) in [6, 6.07) is 3.52. The number of nitrogens with zero attached hydrogens (tertiary/aromatic N) is 4. The summed E-state index contributed by atoms with van der Waals surface area (Å²) in [5.74, 6) is -0.127. The highest BCUT2D eigenvalue weighted by Crippen LogP contribution is 2.38. The van der Waals surface area contributed by atoms with E-state index in [0.29, 0.717) is 22.3 Å². The Balaban J connectivity index is 1.75. The highest BCUT2D eigenvalue weighted by molar-refractivity contribution is 7.89. The van der Waals surface area contributed by atoms with Crippen LogP contribution in [0.3, 0.4) is 0 Å². The van der Waals surface area contributed by atoms with Crippen molar-refractivity contribution < 1.29 is 26.0 Å². The number of para-hydroxylation sites is 1. The van der Waals surface area contributed by atoms with Crippen LogP contribution in [0.1, 0.15) is 49.8 Å². The second kappa shape index (κ2) is 9.25. The van der Waals surface area contributed by atoms with Gasteiger partial charge in [0.2, 0.25) is 0 Å². The molecule has 0 amide bonds. The van der Waals surface area contributed by atoms with Gasteiger partial charge in [0.15, 0.2) is 0 Å². The summed E-state index contributed by atoms with van der Waals surface area (Å²) in [5, 5.41) is 0. The number of benzene rings is 1. The summed E-state index contributed by atoms with van der Waals surface area (Å²) in [4.78, 5) is 6.03. The van der Waals surface area contributed by atoms with Gasteiger partial charge >= 0.3 is 15.5 Å². The van der Waals surface area contributed by atoms with Gasteiger partial charge in [0.05, 0.1) is 24.3 Å². The van der Waals surface area contributed by atoms with E-state index in [1.165, 1.54) is 18.2 Å². The van der Waals surface area contributed by atoms with Crippen LogP contribution in [0.25, 0.3) is 0 Å². The first-order valence-corrected chi connectivity index (χ1v) is 12.6. The summed E-state index contributed by atoms with van der Waals surface area (Å²) in [6.45, 7) is -0.729. The lowest BCUT2D eigenvalue weighted by Gasteiger charge is -2.34. The second-order valence-corrected chi connectivity index (χ2v) is 11.0. The fourth-order valence-electron chi connectivity index (χ4n) is 5.02. The first-order valence-electron chi connectivity index (χ1n) is 11.1. The van der Waals surface area contributed by atoms with Gasteiger partial charge in [-0.15, -0.1) is 0 Å². The van der Waals surface area contributed by atoms with Gasteiger partial charge in [-0.05, 0) is 30.4 Å². The van der Waals surface area contributed by atoms with Crippen LogP contribution in [0, 0.1) is 11.7 Å². The number of halogens is 4. The van der Waals surface area contributed by atoms with E-state index in [1.807, 2.05) is 0 Å². The maximum absolute atomic E-state index is 15.1. The third-order valence-electron chi connectivity index (χ3n) is 6.67. The largest absolute Gasteiger partial charge is 0.511 e. The number of alkyl halides is 3. The molecule has 1 aliphatic heterocycles. The second-order valence-electron chi connectivity index (χ2n) is 9.03. The SMILES string of the molecule is Cn1cnc(CN2c3c(F)cccc3CN(S(=O)(=O)C(F)(F)F)C[C@H]2CCC2CCCC2)c1. The number of imidazole rings is 1. The Labute approximate surface area is 191 Å². The quantitative estimate of drug-likeness (QED) is 0.559. The Bertz CT molecular complexity index is 1080. The fourth-order valence-corrected chi connectivity index (χ4v) is 5.99. The molecule has 182 valence electrons. The maximum Gasteiger partial charge on any atom is 0.511 e. The van der Waals surface area contributed by atoms with Crippen LogP contribution >= 0.6 is 0 Å². The molecule has 0 spiro atoms. The van der Waals surface area contributed by atoms with Crippen LogP contribution in [-0.4, -0.2) is 40.4 Å². The van der Waals surface area contributed by atoms with Gasteiger partial charge in [-0.3, -0.25) is 0 Å². The fraction of sp³-hybridized carbons (Fsp3) is 0.591. The minimum Gasteiger partial charge on any atom is -0.359 e. The van der Waals surface area contributed by atoms with E-state index in [1.54, 1.807) is 29.0 Å². The molecule has 4 rings (SSSR count). The summed E-state index contributed by atoms with van der Waals surface area (Å²) < 4.78 is 82.6. The topological polar surface area (TPSA) is 58.4 Å². The first kappa shape index (κ1) is 24.0. The van der Waals surface area contributed by atoms with Crippen molar-refractivity contribution in [2.24, 2.45) is 13.0 Å². The van der Waals surface area contributed by atoms with Crippen molar-refractivity contribution in [2.45, 2.75) is 63.2 Å². The van der Waals surface area contributed by atoms with Gasteiger partial charge in [-0.2, -0.15) is 17.5 Å². The van der Waals surface area contributed by atoms with Crippen LogP contribution in [0.5, 0.6) is 0 Å². The lowest BCUT2D eigenvalue weighted by Crippen LogP contribution is -2.47. The number of rotatable bonds is 6. The molecule has 1 aliphatic carbocycles. The van der Waals surface area contributed by atoms with Crippen LogP contribution in [0.15, 0.2) is 30.7 Å². The van der Waals surface area contributed by atoms with Crippen LogP contribution in [0.2, 0.25) is 0 Å². The molecular weight excluding hydrogens is 460 g/mol. The Hall–Kier alpha value is -2.14. The molecule has 0 unspecified atom stereocenters. The molecule has 2 aliphatic rings. The number of fused-ring (bicyclic) bond motifs is 1. The molecule has 11 heteroatoms. The van der Waals surface area contributed by atoms with Gasteiger partial charge in [-0.25, -0.2) is 17.8 Å². The van der Waals surface area contributed by atoms with Gasteiger partial charge in [0.1, 0.15) is 5.82 Å². The van der Waals surface area contributed by atoms with E-state index in [0.717, 1.165) is 32.1 Å². The molecule has 0 N–H and O–H groups in total. The zero-order valence-corrected chi connectivity index (χ0v) is 19.2. The van der Waals surface area contributed by atoms with Gasteiger partial charge in [-0.1, -0.05) is 37.8 Å². The normalized spacial score (nSPS) is 20.8. The van der Waals surface area contributed by atoms with Crippen LogP contribution < -0.4 is 4.90 Å². The molecule has 2 aromatic rings. The molecule has 1 fully saturated rings. The predicted molar refractivity (Wildman–Crippen MR) is 116 cm³/mol. The van der Waals surface area contributed by atoms with Gasteiger partial charge in [0, 0.05) is 32.4 Å². The smallest absolute Gasteiger partial charge is 0.359 e. The van der Waals surface area contributed by atoms with E-state index in [4.69, 9.17) is 0 Å². The highest BCUT2D eigenvalue weighted by atomic mass is 32.2. The minimum absolute atomic E-state index is 0.152. The number of aryl methyl sites for hydroxylation is 1.